The van der Waals surface area contributed by atoms with Crippen molar-refractivity contribution in [1.29, 1.82) is 0 Å². The van der Waals surface area contributed by atoms with Crippen LogP contribution in [0.2, 0.25) is 0 Å². The molecule has 3 aromatic carbocycles. The van der Waals surface area contributed by atoms with E-state index in [0.29, 0.717) is 56.6 Å². The zero-order valence-electron chi connectivity index (χ0n) is 28.1. The van der Waals surface area contributed by atoms with Crippen molar-refractivity contribution in [2.24, 2.45) is 5.73 Å². The number of piperidine rings is 1. The van der Waals surface area contributed by atoms with Gasteiger partial charge in [-0.2, -0.15) is 0 Å². The van der Waals surface area contributed by atoms with E-state index in [1.165, 1.54) is 11.0 Å². The SMILES string of the molecule is CN(C)C(N)=O.O=C(O)/C=C(/C(=O)O)C1(c2ccccc2)CCN(CC[C@@]2(c3ccc(F)c(F)c3)CN(C(=O)c3ccccc3)CCO2)CC1. The van der Waals surface area contributed by atoms with Crippen LogP contribution in [0.15, 0.2) is 90.5 Å². The lowest BCUT2D eigenvalue weighted by Crippen LogP contribution is -2.53. The number of nitrogens with two attached hydrogens (primary N) is 1. The second-order valence-electron chi connectivity index (χ2n) is 12.5. The first kappa shape index (κ1) is 37.7. The maximum atomic E-state index is 14.5. The van der Waals surface area contributed by atoms with E-state index >= 15 is 0 Å². The summed E-state index contributed by atoms with van der Waals surface area (Å²) < 4.78 is 34.7. The van der Waals surface area contributed by atoms with Crippen molar-refractivity contribution in [3.05, 3.63) is 119 Å². The summed E-state index contributed by atoms with van der Waals surface area (Å²) in [5, 5.41) is 19.5. The third kappa shape index (κ3) is 8.90. The molecule has 0 bridgehead atoms. The summed E-state index contributed by atoms with van der Waals surface area (Å²) in [7, 11) is 3.20. The average molecular weight is 693 g/mol. The number of urea groups is 1. The van der Waals surface area contributed by atoms with E-state index in [-0.39, 0.29) is 24.6 Å². The molecule has 2 fully saturated rings. The van der Waals surface area contributed by atoms with Crippen LogP contribution in [0.5, 0.6) is 0 Å². The van der Waals surface area contributed by atoms with E-state index in [0.717, 1.165) is 23.8 Å². The monoisotopic (exact) mass is 692 g/mol. The van der Waals surface area contributed by atoms with E-state index in [1.54, 1.807) is 55.4 Å². The quantitative estimate of drug-likeness (QED) is 0.278. The van der Waals surface area contributed by atoms with Crippen LogP contribution >= 0.6 is 0 Å². The van der Waals surface area contributed by atoms with E-state index in [4.69, 9.17) is 10.5 Å². The number of halogens is 2. The summed E-state index contributed by atoms with van der Waals surface area (Å²) in [6.07, 6.45) is 1.86. The van der Waals surface area contributed by atoms with Gasteiger partial charge in [0.25, 0.3) is 5.91 Å². The van der Waals surface area contributed by atoms with Gasteiger partial charge < -0.3 is 35.4 Å². The van der Waals surface area contributed by atoms with Gasteiger partial charge in [0.15, 0.2) is 11.6 Å². The van der Waals surface area contributed by atoms with Gasteiger partial charge in [0, 0.05) is 44.2 Å². The number of carboxylic acid groups (broad SMARTS) is 2. The number of rotatable bonds is 9. The first-order valence-corrected chi connectivity index (χ1v) is 16.1. The Labute approximate surface area is 289 Å². The Hall–Kier alpha value is -5.14. The summed E-state index contributed by atoms with van der Waals surface area (Å²) >= 11 is 0. The van der Waals surface area contributed by atoms with Crippen LogP contribution < -0.4 is 5.73 Å². The largest absolute Gasteiger partial charge is 0.478 e. The molecule has 0 radical (unpaired) electrons. The number of primary amides is 1. The zero-order valence-corrected chi connectivity index (χ0v) is 28.1. The van der Waals surface area contributed by atoms with Crippen LogP contribution in [0.3, 0.4) is 0 Å². The van der Waals surface area contributed by atoms with E-state index in [2.05, 4.69) is 4.90 Å². The molecular weight excluding hydrogens is 650 g/mol. The van der Waals surface area contributed by atoms with Crippen LogP contribution in [0.25, 0.3) is 0 Å². The van der Waals surface area contributed by atoms with Gasteiger partial charge in [0.2, 0.25) is 0 Å². The maximum absolute atomic E-state index is 14.5. The van der Waals surface area contributed by atoms with Crippen molar-refractivity contribution in [2.75, 3.05) is 53.4 Å². The highest BCUT2D eigenvalue weighted by molar-refractivity contribution is 5.97. The third-order valence-corrected chi connectivity index (χ3v) is 9.26. The molecule has 13 heteroatoms. The Bertz CT molecular complexity index is 1700. The van der Waals surface area contributed by atoms with E-state index < -0.39 is 40.6 Å². The number of amides is 3. The normalized spacial score (nSPS) is 19.1. The second kappa shape index (κ2) is 16.5. The molecule has 3 aromatic rings. The number of nitrogens with zero attached hydrogens (tertiary/aromatic N) is 3. The molecule has 0 aliphatic carbocycles. The van der Waals surface area contributed by atoms with E-state index in [1.807, 2.05) is 24.3 Å². The number of hydrogen-bond donors (Lipinski definition) is 3. The number of carbonyl (C=O) groups excluding carboxylic acids is 2. The lowest BCUT2D eigenvalue weighted by Gasteiger charge is -2.46. The zero-order chi connectivity index (χ0) is 36.5. The van der Waals surface area contributed by atoms with Gasteiger partial charge in [-0.1, -0.05) is 54.6 Å². The minimum Gasteiger partial charge on any atom is -0.478 e. The predicted octanol–water partition coefficient (Wildman–Crippen LogP) is 4.48. The number of likely N-dealkylation sites (tertiary alicyclic amines) is 1. The fourth-order valence-corrected chi connectivity index (χ4v) is 6.47. The number of carboxylic acids is 2. The summed E-state index contributed by atoms with van der Waals surface area (Å²) in [4.78, 5) is 52.3. The topological polar surface area (TPSA) is 154 Å². The van der Waals surface area contributed by atoms with Crippen LogP contribution in [0.4, 0.5) is 13.6 Å². The van der Waals surface area contributed by atoms with Gasteiger partial charge in [0.1, 0.15) is 5.60 Å². The molecule has 0 unspecified atom stereocenters. The van der Waals surface area contributed by atoms with Crippen molar-refractivity contribution in [3.63, 3.8) is 0 Å². The smallest absolute Gasteiger partial charge is 0.332 e. The molecular formula is C37H42F2N4O7. The Morgan fingerprint density at radius 1 is 0.880 bits per heavy atom. The number of ether oxygens (including phenoxy) is 1. The summed E-state index contributed by atoms with van der Waals surface area (Å²) in [5.74, 6) is -4.76. The molecule has 2 saturated heterocycles. The number of benzene rings is 3. The molecule has 2 aliphatic heterocycles. The highest BCUT2D eigenvalue weighted by atomic mass is 19.2. The lowest BCUT2D eigenvalue weighted by atomic mass is 9.67. The van der Waals surface area contributed by atoms with Crippen LogP contribution in [0, 0.1) is 11.6 Å². The molecule has 11 nitrogen and oxygen atoms in total. The highest BCUT2D eigenvalue weighted by Crippen LogP contribution is 2.43. The minimum absolute atomic E-state index is 0.137. The number of hydrogen-bond acceptors (Lipinski definition) is 6. The van der Waals surface area contributed by atoms with E-state index in [9.17, 15) is 38.2 Å². The predicted molar refractivity (Wildman–Crippen MR) is 181 cm³/mol. The molecule has 0 saturated carbocycles. The standard InChI is InChI=1S/C34H34F2N2O6.C3H8N2O/c35-28-12-11-26(21-29(28)36)34(23-38(19-20-44-34)31(41)24-7-3-1-4-8-24)15-18-37-16-13-33(14-17-37,25-9-5-2-6-10-25)27(32(42)43)22-30(39)40;1-5(2)3(4)6/h1-12,21-22H,13-20,23H2,(H,39,40)(H,42,43);1-2H3,(H2,4,6)/b27-22-;/t34-;/m0./s1. The lowest BCUT2D eigenvalue weighted by molar-refractivity contribution is -0.136. The van der Waals surface area contributed by atoms with Gasteiger partial charge in [-0.25, -0.2) is 23.2 Å². The summed E-state index contributed by atoms with van der Waals surface area (Å²) in [5.41, 5.74) is 4.12. The molecule has 50 heavy (non-hydrogen) atoms. The van der Waals surface area contributed by atoms with Crippen molar-refractivity contribution in [2.45, 2.75) is 30.3 Å². The van der Waals surface area contributed by atoms with Gasteiger partial charge in [-0.3, -0.25) is 4.79 Å². The molecule has 2 heterocycles. The van der Waals surface area contributed by atoms with Crippen molar-refractivity contribution in [1.82, 2.24) is 14.7 Å². The Morgan fingerprint density at radius 2 is 1.48 bits per heavy atom. The number of carbonyl (C=O) groups is 4. The maximum Gasteiger partial charge on any atom is 0.332 e. The first-order chi connectivity index (χ1) is 23.8. The summed E-state index contributed by atoms with van der Waals surface area (Å²) in [6.45, 7) is 2.06. The minimum atomic E-state index is -1.32. The summed E-state index contributed by atoms with van der Waals surface area (Å²) in [6, 6.07) is 21.2. The van der Waals surface area contributed by atoms with Gasteiger partial charge in [0.05, 0.1) is 18.7 Å². The average Bonchev–Trinajstić information content (AvgIpc) is 3.11. The van der Waals surface area contributed by atoms with Crippen molar-refractivity contribution >= 4 is 23.9 Å². The third-order valence-electron chi connectivity index (χ3n) is 9.26. The van der Waals surface area contributed by atoms with Crippen LogP contribution in [-0.2, 0) is 25.3 Å². The van der Waals surface area contributed by atoms with Gasteiger partial charge >= 0.3 is 18.0 Å². The fraction of sp³-hybridized carbons (Fsp3) is 0.351. The molecule has 1 atom stereocenters. The Balaban J connectivity index is 0.000000860. The molecule has 2 aliphatic rings. The van der Waals surface area contributed by atoms with Gasteiger partial charge in [-0.05, 0) is 67.7 Å². The highest BCUT2D eigenvalue weighted by Gasteiger charge is 2.45. The number of morpholine rings is 1. The Kier molecular flexibility index (Phi) is 12.4. The fourth-order valence-electron chi connectivity index (χ4n) is 6.47. The Morgan fingerprint density at radius 3 is 2.02 bits per heavy atom. The van der Waals surface area contributed by atoms with Crippen LogP contribution in [0.1, 0.15) is 40.7 Å². The second-order valence-corrected chi connectivity index (χ2v) is 12.5. The first-order valence-electron chi connectivity index (χ1n) is 16.1. The molecule has 4 N–H and O–H groups in total. The molecule has 5 rings (SSSR count). The van der Waals surface area contributed by atoms with Crippen molar-refractivity contribution < 1.29 is 42.9 Å². The molecule has 266 valence electrons. The number of aliphatic carboxylic acids is 2. The molecule has 3 amide bonds. The van der Waals surface area contributed by atoms with Crippen molar-refractivity contribution in [3.8, 4) is 0 Å². The van der Waals surface area contributed by atoms with Crippen LogP contribution in [-0.4, -0.2) is 102 Å². The molecule has 0 aromatic heterocycles. The van der Waals surface area contributed by atoms with Gasteiger partial charge in [-0.15, -0.1) is 0 Å². The molecule has 0 spiro atoms.